The van der Waals surface area contributed by atoms with Crippen LogP contribution in [0.1, 0.15) is 24.4 Å². The van der Waals surface area contributed by atoms with Crippen LogP contribution in [0.25, 0.3) is 10.8 Å². The summed E-state index contributed by atoms with van der Waals surface area (Å²) in [5.74, 6) is 1.55. The third-order valence-electron chi connectivity index (χ3n) is 3.61. The molecule has 18 heavy (non-hydrogen) atoms. The van der Waals surface area contributed by atoms with Crippen LogP contribution in [0.5, 0.6) is 5.75 Å². The number of benzene rings is 2. The van der Waals surface area contributed by atoms with Gasteiger partial charge in [0, 0.05) is 11.6 Å². The summed E-state index contributed by atoms with van der Waals surface area (Å²) >= 11 is 0. The molecule has 1 atom stereocenters. The van der Waals surface area contributed by atoms with E-state index in [9.17, 15) is 0 Å². The Labute approximate surface area is 114 Å². The SMILES string of the molecule is COc1ccc2ccccc2c1[C@H](N)C1CC1.Cl. The Morgan fingerprint density at radius 2 is 1.89 bits per heavy atom. The molecule has 0 bridgehead atoms. The second kappa shape index (κ2) is 5.17. The van der Waals surface area contributed by atoms with Crippen molar-refractivity contribution in [1.29, 1.82) is 0 Å². The topological polar surface area (TPSA) is 35.2 Å². The summed E-state index contributed by atoms with van der Waals surface area (Å²) in [5, 5.41) is 2.46. The molecular formula is C15H18ClNO. The van der Waals surface area contributed by atoms with Crippen LogP contribution in [0.2, 0.25) is 0 Å². The van der Waals surface area contributed by atoms with Gasteiger partial charge in [0.15, 0.2) is 0 Å². The molecular weight excluding hydrogens is 246 g/mol. The van der Waals surface area contributed by atoms with Gasteiger partial charge in [-0.2, -0.15) is 0 Å². The van der Waals surface area contributed by atoms with Gasteiger partial charge in [-0.1, -0.05) is 30.3 Å². The summed E-state index contributed by atoms with van der Waals surface area (Å²) in [6.45, 7) is 0. The molecule has 3 rings (SSSR count). The zero-order valence-corrected chi connectivity index (χ0v) is 11.2. The fourth-order valence-corrected chi connectivity index (χ4v) is 2.49. The minimum absolute atomic E-state index is 0. The fraction of sp³-hybridized carbons (Fsp3) is 0.333. The molecule has 0 aromatic heterocycles. The Kier molecular flexibility index (Phi) is 3.79. The predicted octanol–water partition coefficient (Wildman–Crippen LogP) is 3.68. The lowest BCUT2D eigenvalue weighted by molar-refractivity contribution is 0.404. The normalized spacial score (nSPS) is 16.1. The van der Waals surface area contributed by atoms with E-state index < -0.39 is 0 Å². The molecule has 1 fully saturated rings. The molecule has 0 amide bonds. The van der Waals surface area contributed by atoms with Crippen molar-refractivity contribution < 1.29 is 4.74 Å². The molecule has 0 aliphatic heterocycles. The number of hydrogen-bond acceptors (Lipinski definition) is 2. The van der Waals surface area contributed by atoms with Crippen molar-refractivity contribution in [3.05, 3.63) is 42.0 Å². The molecule has 2 N–H and O–H groups in total. The molecule has 1 aliphatic carbocycles. The maximum absolute atomic E-state index is 6.36. The van der Waals surface area contributed by atoms with Crippen LogP contribution in [-0.2, 0) is 0 Å². The van der Waals surface area contributed by atoms with Gasteiger partial charge >= 0.3 is 0 Å². The summed E-state index contributed by atoms with van der Waals surface area (Å²) in [6.07, 6.45) is 2.49. The van der Waals surface area contributed by atoms with Gasteiger partial charge in [-0.05, 0) is 35.6 Å². The highest BCUT2D eigenvalue weighted by Crippen LogP contribution is 2.44. The molecule has 2 aromatic rings. The number of hydrogen-bond donors (Lipinski definition) is 1. The van der Waals surface area contributed by atoms with Gasteiger partial charge in [0.05, 0.1) is 7.11 Å². The van der Waals surface area contributed by atoms with Crippen molar-refractivity contribution >= 4 is 23.2 Å². The molecule has 1 aliphatic rings. The lowest BCUT2D eigenvalue weighted by Crippen LogP contribution is -2.14. The molecule has 2 nitrogen and oxygen atoms in total. The van der Waals surface area contributed by atoms with E-state index in [0.717, 1.165) is 5.75 Å². The second-order valence-electron chi connectivity index (χ2n) is 4.77. The number of nitrogens with two attached hydrogens (primary N) is 1. The van der Waals surface area contributed by atoms with Crippen LogP contribution in [0, 0.1) is 5.92 Å². The highest BCUT2D eigenvalue weighted by Gasteiger charge is 2.32. The quantitative estimate of drug-likeness (QED) is 0.917. The smallest absolute Gasteiger partial charge is 0.124 e. The Morgan fingerprint density at radius 3 is 2.56 bits per heavy atom. The summed E-state index contributed by atoms with van der Waals surface area (Å²) in [5.41, 5.74) is 7.54. The first kappa shape index (κ1) is 13.2. The number of rotatable bonds is 3. The van der Waals surface area contributed by atoms with Gasteiger partial charge in [0.2, 0.25) is 0 Å². The Bertz CT molecular complexity index is 551. The molecule has 0 spiro atoms. The molecule has 96 valence electrons. The minimum atomic E-state index is 0. The minimum Gasteiger partial charge on any atom is -0.496 e. The van der Waals surface area contributed by atoms with Gasteiger partial charge in [-0.25, -0.2) is 0 Å². The third kappa shape index (κ3) is 2.18. The van der Waals surface area contributed by atoms with Crippen molar-refractivity contribution in [1.82, 2.24) is 0 Å². The second-order valence-corrected chi connectivity index (χ2v) is 4.77. The first-order valence-corrected chi connectivity index (χ1v) is 6.12. The average Bonchev–Trinajstić information content (AvgIpc) is 3.20. The molecule has 0 unspecified atom stereocenters. The van der Waals surface area contributed by atoms with Crippen molar-refractivity contribution in [2.75, 3.05) is 7.11 Å². The predicted molar refractivity (Wildman–Crippen MR) is 77.4 cm³/mol. The van der Waals surface area contributed by atoms with Crippen LogP contribution < -0.4 is 10.5 Å². The van der Waals surface area contributed by atoms with Crippen LogP contribution in [0.15, 0.2) is 36.4 Å². The molecule has 1 saturated carbocycles. The van der Waals surface area contributed by atoms with Crippen molar-refractivity contribution in [3.63, 3.8) is 0 Å². The van der Waals surface area contributed by atoms with E-state index in [1.807, 2.05) is 6.07 Å². The average molecular weight is 264 g/mol. The summed E-state index contributed by atoms with van der Waals surface area (Å²) in [7, 11) is 1.72. The van der Waals surface area contributed by atoms with Crippen LogP contribution >= 0.6 is 12.4 Å². The van der Waals surface area contributed by atoms with Crippen molar-refractivity contribution in [2.45, 2.75) is 18.9 Å². The van der Waals surface area contributed by atoms with Crippen LogP contribution in [0.3, 0.4) is 0 Å². The fourth-order valence-electron chi connectivity index (χ4n) is 2.49. The molecule has 0 radical (unpaired) electrons. The lowest BCUT2D eigenvalue weighted by atomic mass is 9.95. The summed E-state index contributed by atoms with van der Waals surface area (Å²) in [6, 6.07) is 12.6. The van der Waals surface area contributed by atoms with E-state index in [0.29, 0.717) is 5.92 Å². The van der Waals surface area contributed by atoms with Crippen molar-refractivity contribution in [3.8, 4) is 5.75 Å². The highest BCUT2D eigenvalue weighted by atomic mass is 35.5. The van der Waals surface area contributed by atoms with Crippen LogP contribution in [-0.4, -0.2) is 7.11 Å². The van der Waals surface area contributed by atoms with Crippen molar-refractivity contribution in [2.24, 2.45) is 11.7 Å². The Morgan fingerprint density at radius 1 is 1.17 bits per heavy atom. The molecule has 2 aromatic carbocycles. The Balaban J connectivity index is 0.00000120. The van der Waals surface area contributed by atoms with E-state index in [-0.39, 0.29) is 18.4 Å². The highest BCUT2D eigenvalue weighted by molar-refractivity contribution is 5.88. The van der Waals surface area contributed by atoms with Gasteiger partial charge in [0.25, 0.3) is 0 Å². The summed E-state index contributed by atoms with van der Waals surface area (Å²) < 4.78 is 5.47. The summed E-state index contributed by atoms with van der Waals surface area (Å²) in [4.78, 5) is 0. The van der Waals surface area contributed by atoms with Gasteiger partial charge in [-0.15, -0.1) is 12.4 Å². The van der Waals surface area contributed by atoms with E-state index in [2.05, 4.69) is 30.3 Å². The molecule has 0 heterocycles. The van der Waals surface area contributed by atoms with E-state index in [1.165, 1.54) is 29.2 Å². The largest absolute Gasteiger partial charge is 0.496 e. The van der Waals surface area contributed by atoms with Gasteiger partial charge in [-0.3, -0.25) is 0 Å². The number of halogens is 1. The third-order valence-corrected chi connectivity index (χ3v) is 3.61. The zero-order chi connectivity index (χ0) is 11.8. The maximum atomic E-state index is 6.36. The van der Waals surface area contributed by atoms with E-state index >= 15 is 0 Å². The van der Waals surface area contributed by atoms with E-state index in [4.69, 9.17) is 10.5 Å². The zero-order valence-electron chi connectivity index (χ0n) is 10.4. The number of ether oxygens (including phenoxy) is 1. The van der Waals surface area contributed by atoms with E-state index in [1.54, 1.807) is 7.11 Å². The first-order chi connectivity index (χ1) is 8.31. The molecule has 0 saturated heterocycles. The first-order valence-electron chi connectivity index (χ1n) is 6.12. The number of fused-ring (bicyclic) bond motifs is 1. The Hall–Kier alpha value is -1.25. The van der Waals surface area contributed by atoms with Crippen LogP contribution in [0.4, 0.5) is 0 Å². The number of methoxy groups -OCH3 is 1. The standard InChI is InChI=1S/C15H17NO.ClH/c1-17-13-9-8-10-4-2-3-5-12(10)14(13)15(16)11-6-7-11;/h2-5,8-9,11,15H,6-7,16H2,1H3;1H/t15-;/m1./s1. The maximum Gasteiger partial charge on any atom is 0.124 e. The monoisotopic (exact) mass is 263 g/mol. The molecule has 3 heteroatoms. The lowest BCUT2D eigenvalue weighted by Gasteiger charge is -2.17. The van der Waals surface area contributed by atoms with Gasteiger partial charge < -0.3 is 10.5 Å². The van der Waals surface area contributed by atoms with Gasteiger partial charge in [0.1, 0.15) is 5.75 Å².